The third-order valence-electron chi connectivity index (χ3n) is 4.49. The van der Waals surface area contributed by atoms with Crippen LogP contribution in [0.2, 0.25) is 0 Å². The van der Waals surface area contributed by atoms with Crippen LogP contribution in [0.5, 0.6) is 0 Å². The van der Waals surface area contributed by atoms with Gasteiger partial charge in [-0.25, -0.2) is 4.98 Å². The second-order valence-corrected chi connectivity index (χ2v) is 6.97. The van der Waals surface area contributed by atoms with Gasteiger partial charge >= 0.3 is 0 Å². The Morgan fingerprint density at radius 1 is 1.26 bits per heavy atom. The lowest BCUT2D eigenvalue weighted by atomic mass is 10.1. The molecule has 3 rings (SSSR count). The Labute approximate surface area is 142 Å². The predicted molar refractivity (Wildman–Crippen MR) is 90.3 cm³/mol. The van der Waals surface area contributed by atoms with E-state index in [1.54, 1.807) is 7.11 Å². The van der Waals surface area contributed by atoms with Crippen LogP contribution in [-0.4, -0.2) is 61.6 Å². The van der Waals surface area contributed by atoms with Gasteiger partial charge in [0.1, 0.15) is 5.82 Å². The van der Waals surface area contributed by atoms with E-state index in [1.807, 2.05) is 0 Å². The molecule has 7 heteroatoms. The lowest BCUT2D eigenvalue weighted by Crippen LogP contribution is -2.38. The zero-order chi connectivity index (χ0) is 15.9. The van der Waals surface area contributed by atoms with E-state index in [9.17, 15) is 0 Å². The zero-order valence-electron chi connectivity index (χ0n) is 13.9. The highest BCUT2D eigenvalue weighted by atomic mass is 32.1. The Morgan fingerprint density at radius 3 is 2.87 bits per heavy atom. The summed E-state index contributed by atoms with van der Waals surface area (Å²) in [4.78, 5) is 6.93. The van der Waals surface area contributed by atoms with Gasteiger partial charge in [0.2, 0.25) is 5.13 Å². The van der Waals surface area contributed by atoms with Crippen LogP contribution in [-0.2, 0) is 20.6 Å². The maximum Gasteiger partial charge on any atom is 0.205 e. The van der Waals surface area contributed by atoms with Crippen LogP contribution in [0.4, 0.5) is 5.13 Å². The molecule has 0 aliphatic carbocycles. The Morgan fingerprint density at radius 2 is 2.13 bits per heavy atom. The van der Waals surface area contributed by atoms with E-state index in [-0.39, 0.29) is 0 Å². The normalized spacial score (nSPS) is 23.3. The van der Waals surface area contributed by atoms with Crippen molar-refractivity contribution < 1.29 is 14.2 Å². The van der Waals surface area contributed by atoms with E-state index < -0.39 is 0 Å². The quantitative estimate of drug-likeness (QED) is 0.758. The molecule has 0 saturated carbocycles. The van der Waals surface area contributed by atoms with Crippen LogP contribution in [0.1, 0.15) is 37.9 Å². The molecule has 0 unspecified atom stereocenters. The summed E-state index contributed by atoms with van der Waals surface area (Å²) in [7, 11) is 1.70. The fraction of sp³-hybridized carbons (Fsp3) is 0.875. The number of aromatic nitrogens is 2. The fourth-order valence-corrected chi connectivity index (χ4v) is 3.83. The topological polar surface area (TPSA) is 56.7 Å². The van der Waals surface area contributed by atoms with Crippen LogP contribution in [0.15, 0.2) is 0 Å². The van der Waals surface area contributed by atoms with Crippen molar-refractivity contribution in [3.8, 4) is 0 Å². The summed E-state index contributed by atoms with van der Waals surface area (Å²) in [6.45, 7) is 4.32. The first-order chi connectivity index (χ1) is 11.3. The third kappa shape index (κ3) is 5.11. The lowest BCUT2D eigenvalue weighted by molar-refractivity contribution is -0.0672. The molecule has 6 nitrogen and oxygen atoms in total. The minimum Gasteiger partial charge on any atom is -0.384 e. The van der Waals surface area contributed by atoms with E-state index in [1.165, 1.54) is 24.4 Å². The summed E-state index contributed by atoms with van der Waals surface area (Å²) in [6, 6.07) is 0. The summed E-state index contributed by atoms with van der Waals surface area (Å²) in [5, 5.41) is 1.03. The van der Waals surface area contributed by atoms with E-state index in [0.29, 0.717) is 18.8 Å². The predicted octanol–water partition coefficient (Wildman–Crippen LogP) is 2.28. The van der Waals surface area contributed by atoms with Gasteiger partial charge in [0.15, 0.2) is 0 Å². The Kier molecular flexibility index (Phi) is 6.62. The van der Waals surface area contributed by atoms with E-state index in [2.05, 4.69) is 14.3 Å². The van der Waals surface area contributed by atoms with Gasteiger partial charge < -0.3 is 19.1 Å². The van der Waals surface area contributed by atoms with Crippen molar-refractivity contribution in [1.82, 2.24) is 9.36 Å². The smallest absolute Gasteiger partial charge is 0.205 e. The van der Waals surface area contributed by atoms with Gasteiger partial charge in [-0.05, 0) is 32.1 Å². The molecule has 2 fully saturated rings. The molecule has 0 N–H and O–H groups in total. The second kappa shape index (κ2) is 8.92. The number of hydrogen-bond acceptors (Lipinski definition) is 7. The number of methoxy groups -OCH3 is 1. The summed E-state index contributed by atoms with van der Waals surface area (Å²) >= 11 is 1.49. The highest BCUT2D eigenvalue weighted by Gasteiger charge is 2.24. The van der Waals surface area contributed by atoms with E-state index in [0.717, 1.165) is 62.9 Å². The van der Waals surface area contributed by atoms with Crippen LogP contribution < -0.4 is 4.90 Å². The maximum absolute atomic E-state index is 6.06. The second-order valence-electron chi connectivity index (χ2n) is 6.24. The number of anilines is 1. The maximum atomic E-state index is 6.06. The lowest BCUT2D eigenvalue weighted by Gasteiger charge is -2.32. The van der Waals surface area contributed by atoms with Crippen molar-refractivity contribution in [2.24, 2.45) is 0 Å². The average molecular weight is 341 g/mol. The van der Waals surface area contributed by atoms with Crippen LogP contribution in [0.3, 0.4) is 0 Å². The largest absolute Gasteiger partial charge is 0.384 e. The number of hydrogen-bond donors (Lipinski definition) is 0. The minimum absolute atomic E-state index is 0.313. The molecule has 3 heterocycles. The molecular weight excluding hydrogens is 314 g/mol. The average Bonchev–Trinajstić information content (AvgIpc) is 3.08. The zero-order valence-corrected chi connectivity index (χ0v) is 14.7. The first kappa shape index (κ1) is 17.1. The molecule has 2 aliphatic rings. The van der Waals surface area contributed by atoms with Crippen molar-refractivity contribution in [1.29, 1.82) is 0 Å². The highest BCUT2D eigenvalue weighted by Crippen LogP contribution is 2.24. The Bertz CT molecular complexity index is 457. The summed E-state index contributed by atoms with van der Waals surface area (Å²) in [5.74, 6) is 0.889. The Hall–Kier alpha value is -0.760. The molecule has 0 amide bonds. The van der Waals surface area contributed by atoms with Gasteiger partial charge in [0.25, 0.3) is 0 Å². The molecule has 0 spiro atoms. The van der Waals surface area contributed by atoms with Crippen molar-refractivity contribution >= 4 is 16.7 Å². The number of piperidine rings is 1. The molecule has 0 bridgehead atoms. The molecule has 2 saturated heterocycles. The standard InChI is InChI=1S/C16H27N3O3S/c1-20-11-7-15-17-16(23-18-15)19-8-5-13(6-9-19)22-12-14-4-2-3-10-21-14/h13-14H,2-12H2,1H3/t14-/m0/s1. The monoisotopic (exact) mass is 341 g/mol. The fourth-order valence-electron chi connectivity index (χ4n) is 3.06. The molecule has 0 radical (unpaired) electrons. The molecule has 1 aromatic rings. The number of rotatable bonds is 7. The van der Waals surface area contributed by atoms with Crippen molar-refractivity contribution in [2.45, 2.75) is 50.7 Å². The van der Waals surface area contributed by atoms with Crippen LogP contribution >= 0.6 is 11.5 Å². The molecule has 0 aromatic carbocycles. The SMILES string of the molecule is COCCc1nsc(N2CCC(OC[C@@H]3CCCCO3)CC2)n1. The Balaban J connectivity index is 1.38. The van der Waals surface area contributed by atoms with Crippen LogP contribution in [0, 0.1) is 0 Å². The van der Waals surface area contributed by atoms with Gasteiger partial charge in [0.05, 0.1) is 25.4 Å². The van der Waals surface area contributed by atoms with Gasteiger partial charge in [0, 0.05) is 44.8 Å². The third-order valence-corrected chi connectivity index (χ3v) is 5.31. The van der Waals surface area contributed by atoms with Gasteiger partial charge in [-0.1, -0.05) is 0 Å². The van der Waals surface area contributed by atoms with Crippen molar-refractivity contribution in [3.05, 3.63) is 5.82 Å². The molecule has 130 valence electrons. The van der Waals surface area contributed by atoms with E-state index >= 15 is 0 Å². The summed E-state index contributed by atoms with van der Waals surface area (Å²) < 4.78 is 21.3. The van der Waals surface area contributed by atoms with Gasteiger partial charge in [-0.3, -0.25) is 0 Å². The molecule has 23 heavy (non-hydrogen) atoms. The minimum atomic E-state index is 0.313. The van der Waals surface area contributed by atoms with Crippen LogP contribution in [0.25, 0.3) is 0 Å². The van der Waals surface area contributed by atoms with E-state index in [4.69, 9.17) is 14.2 Å². The molecular formula is C16H27N3O3S. The number of ether oxygens (including phenoxy) is 3. The van der Waals surface area contributed by atoms with Crippen molar-refractivity contribution in [2.75, 3.05) is 44.9 Å². The molecule has 1 atom stereocenters. The van der Waals surface area contributed by atoms with Gasteiger partial charge in [-0.15, -0.1) is 0 Å². The summed E-state index contributed by atoms with van der Waals surface area (Å²) in [6.07, 6.45) is 7.19. The first-order valence-corrected chi connectivity index (χ1v) is 9.42. The molecule has 2 aliphatic heterocycles. The highest BCUT2D eigenvalue weighted by molar-refractivity contribution is 7.09. The summed E-state index contributed by atoms with van der Waals surface area (Å²) in [5.41, 5.74) is 0. The van der Waals surface area contributed by atoms with Crippen molar-refractivity contribution in [3.63, 3.8) is 0 Å². The van der Waals surface area contributed by atoms with Gasteiger partial charge in [-0.2, -0.15) is 4.37 Å². The molecule has 1 aromatic heterocycles. The first-order valence-electron chi connectivity index (χ1n) is 8.65. The number of nitrogens with zero attached hydrogens (tertiary/aromatic N) is 3.